The van der Waals surface area contributed by atoms with Crippen LogP contribution in [0.2, 0.25) is 0 Å². The molecule has 2 unspecified atom stereocenters. The van der Waals surface area contributed by atoms with Crippen LogP contribution in [0.5, 0.6) is 0 Å². The highest BCUT2D eigenvalue weighted by atomic mass is 32.2. The van der Waals surface area contributed by atoms with Gasteiger partial charge in [-0.25, -0.2) is 13.2 Å². The zero-order valence-corrected chi connectivity index (χ0v) is 12.3. The number of carbonyl (C=O) groups excluding carboxylic acids is 1. The molecule has 0 bridgehead atoms. The molecule has 1 fully saturated rings. The summed E-state index contributed by atoms with van der Waals surface area (Å²) in [6.07, 6.45) is 1.34. The molecule has 2 atom stereocenters. The van der Waals surface area contributed by atoms with Gasteiger partial charge in [-0.15, -0.1) is 0 Å². The number of carbonyl (C=O) groups is 2. The first-order valence-corrected chi connectivity index (χ1v) is 9.02. The molecule has 112 valence electrons. The maximum absolute atomic E-state index is 12.1. The molecule has 9 heteroatoms. The number of urea groups is 1. The van der Waals surface area contributed by atoms with Crippen molar-refractivity contribution in [2.45, 2.75) is 18.5 Å². The van der Waals surface area contributed by atoms with Gasteiger partial charge >= 0.3 is 12.0 Å². The maximum atomic E-state index is 12.1. The van der Waals surface area contributed by atoms with Crippen LogP contribution in [0.4, 0.5) is 4.79 Å². The second-order valence-electron chi connectivity index (χ2n) is 4.73. The van der Waals surface area contributed by atoms with Gasteiger partial charge in [0.05, 0.1) is 24.3 Å². The van der Waals surface area contributed by atoms with Crippen molar-refractivity contribution in [1.82, 2.24) is 10.2 Å². The normalized spacial score (nSPS) is 28.3. The molecule has 2 rings (SSSR count). The second-order valence-corrected chi connectivity index (χ2v) is 7.82. The van der Waals surface area contributed by atoms with Gasteiger partial charge in [0, 0.05) is 23.5 Å². The Hall–Kier alpha value is -1.22. The Balaban J connectivity index is 1.96. The minimum atomic E-state index is -3.22. The molecule has 0 aromatic rings. The summed E-state index contributed by atoms with van der Waals surface area (Å²) in [7, 11) is -3.22. The fourth-order valence-electron chi connectivity index (χ4n) is 2.20. The van der Waals surface area contributed by atoms with E-state index >= 15 is 0 Å². The summed E-state index contributed by atoms with van der Waals surface area (Å²) in [4.78, 5) is 24.4. The largest absolute Gasteiger partial charge is 0.481 e. The summed E-state index contributed by atoms with van der Waals surface area (Å²) in [6, 6.07) is -1.29. The van der Waals surface area contributed by atoms with E-state index in [-0.39, 0.29) is 18.2 Å². The van der Waals surface area contributed by atoms with E-state index < -0.39 is 27.9 Å². The molecule has 2 heterocycles. The molecule has 0 spiro atoms. The van der Waals surface area contributed by atoms with Gasteiger partial charge in [-0.3, -0.25) is 4.79 Å². The van der Waals surface area contributed by atoms with Crippen molar-refractivity contribution in [2.75, 3.05) is 23.8 Å². The number of amides is 2. The van der Waals surface area contributed by atoms with E-state index in [0.29, 0.717) is 12.3 Å². The van der Waals surface area contributed by atoms with Gasteiger partial charge in [-0.1, -0.05) is 0 Å². The highest BCUT2D eigenvalue weighted by Crippen LogP contribution is 2.19. The molecule has 2 aliphatic rings. The smallest absolute Gasteiger partial charge is 0.318 e. The highest BCUT2D eigenvalue weighted by Gasteiger charge is 2.31. The number of carboxylic acids is 1. The predicted molar refractivity (Wildman–Crippen MR) is 75.3 cm³/mol. The number of carboxylic acid groups (broad SMARTS) is 1. The van der Waals surface area contributed by atoms with Gasteiger partial charge in [0.2, 0.25) is 0 Å². The van der Waals surface area contributed by atoms with Crippen molar-refractivity contribution in [3.63, 3.8) is 0 Å². The summed E-state index contributed by atoms with van der Waals surface area (Å²) in [5, 5.41) is 12.6. The van der Waals surface area contributed by atoms with Crippen LogP contribution in [-0.2, 0) is 14.6 Å². The fraction of sp³-hybridized carbons (Fsp3) is 0.636. The first-order valence-electron chi connectivity index (χ1n) is 6.15. The lowest BCUT2D eigenvalue weighted by Crippen LogP contribution is -2.53. The number of aliphatic carboxylic acids is 1. The average molecular weight is 320 g/mol. The first-order chi connectivity index (χ1) is 9.37. The minimum absolute atomic E-state index is 0.0980. The van der Waals surface area contributed by atoms with Gasteiger partial charge in [-0.2, -0.15) is 11.8 Å². The van der Waals surface area contributed by atoms with Gasteiger partial charge in [-0.05, 0) is 6.08 Å². The number of hydrogen-bond acceptors (Lipinski definition) is 5. The number of sulfone groups is 1. The summed E-state index contributed by atoms with van der Waals surface area (Å²) in [6.45, 7) is 0.470. The van der Waals surface area contributed by atoms with E-state index in [4.69, 9.17) is 5.11 Å². The van der Waals surface area contributed by atoms with Crippen molar-refractivity contribution in [3.8, 4) is 0 Å². The molecule has 20 heavy (non-hydrogen) atoms. The van der Waals surface area contributed by atoms with Crippen molar-refractivity contribution in [1.29, 1.82) is 0 Å². The van der Waals surface area contributed by atoms with Crippen LogP contribution in [0.25, 0.3) is 0 Å². The quantitative estimate of drug-likeness (QED) is 0.752. The lowest BCUT2D eigenvalue weighted by Gasteiger charge is -2.35. The highest BCUT2D eigenvalue weighted by molar-refractivity contribution is 7.99. The predicted octanol–water partition coefficient (Wildman–Crippen LogP) is -0.101. The molecule has 0 radical (unpaired) electrons. The number of nitrogens with one attached hydrogen (secondary N) is 1. The van der Waals surface area contributed by atoms with Crippen LogP contribution in [-0.4, -0.2) is 66.3 Å². The molecule has 1 saturated heterocycles. The molecular weight excluding hydrogens is 304 g/mol. The zero-order valence-electron chi connectivity index (χ0n) is 10.7. The Bertz CT molecular complexity index is 531. The molecule has 2 N–H and O–H groups in total. The van der Waals surface area contributed by atoms with Gasteiger partial charge < -0.3 is 15.3 Å². The van der Waals surface area contributed by atoms with Crippen molar-refractivity contribution in [3.05, 3.63) is 11.5 Å². The molecule has 0 aromatic carbocycles. The van der Waals surface area contributed by atoms with Crippen molar-refractivity contribution in [2.24, 2.45) is 0 Å². The standard InChI is InChI=1S/C11H16N2O5S2/c14-10(15)5-9-6-19-3-2-13(9)11(16)12-8-1-4-20(17,18)7-8/h1,4,8-9H,2-3,5-7H2,(H,12,16)(H,14,15). The lowest BCUT2D eigenvalue weighted by atomic mass is 10.2. The van der Waals surface area contributed by atoms with Crippen LogP contribution < -0.4 is 5.32 Å². The number of hydrogen-bond donors (Lipinski definition) is 2. The summed E-state index contributed by atoms with van der Waals surface area (Å²) in [5.74, 6) is 0.254. The van der Waals surface area contributed by atoms with Crippen molar-refractivity contribution >= 4 is 33.6 Å². The Morgan fingerprint density at radius 1 is 1.45 bits per heavy atom. The summed E-state index contributed by atoms with van der Waals surface area (Å²) < 4.78 is 22.6. The van der Waals surface area contributed by atoms with E-state index in [1.54, 1.807) is 11.8 Å². The van der Waals surface area contributed by atoms with Gasteiger partial charge in [0.15, 0.2) is 9.84 Å². The van der Waals surface area contributed by atoms with Crippen LogP contribution in [0.15, 0.2) is 11.5 Å². The van der Waals surface area contributed by atoms with Crippen LogP contribution in [0.3, 0.4) is 0 Å². The molecule has 0 saturated carbocycles. The van der Waals surface area contributed by atoms with E-state index in [1.807, 2.05) is 0 Å². The lowest BCUT2D eigenvalue weighted by molar-refractivity contribution is -0.138. The van der Waals surface area contributed by atoms with Crippen LogP contribution in [0, 0.1) is 0 Å². The van der Waals surface area contributed by atoms with Gasteiger partial charge in [0.25, 0.3) is 0 Å². The molecule has 2 aliphatic heterocycles. The number of nitrogens with zero attached hydrogens (tertiary/aromatic N) is 1. The Kier molecular flexibility index (Phi) is 4.59. The summed E-state index contributed by atoms with van der Waals surface area (Å²) >= 11 is 1.61. The molecule has 0 aliphatic carbocycles. The first kappa shape index (κ1) is 15.2. The maximum Gasteiger partial charge on any atom is 0.318 e. The third-order valence-electron chi connectivity index (χ3n) is 3.14. The van der Waals surface area contributed by atoms with Crippen molar-refractivity contribution < 1.29 is 23.1 Å². The van der Waals surface area contributed by atoms with E-state index in [9.17, 15) is 18.0 Å². The Morgan fingerprint density at radius 2 is 2.20 bits per heavy atom. The zero-order chi connectivity index (χ0) is 14.8. The third-order valence-corrected chi connectivity index (χ3v) is 5.62. The summed E-state index contributed by atoms with van der Waals surface area (Å²) in [5.41, 5.74) is 0. The van der Waals surface area contributed by atoms with E-state index in [2.05, 4.69) is 5.32 Å². The second kappa shape index (κ2) is 6.04. The molecule has 2 amide bonds. The van der Waals surface area contributed by atoms with E-state index in [1.165, 1.54) is 11.0 Å². The number of thioether (sulfide) groups is 1. The third kappa shape index (κ3) is 3.89. The minimum Gasteiger partial charge on any atom is -0.481 e. The van der Waals surface area contributed by atoms with Crippen LogP contribution in [0.1, 0.15) is 6.42 Å². The molecule has 7 nitrogen and oxygen atoms in total. The fourth-order valence-corrected chi connectivity index (χ4v) is 4.50. The molecular formula is C11H16N2O5S2. The van der Waals surface area contributed by atoms with Crippen LogP contribution >= 0.6 is 11.8 Å². The topological polar surface area (TPSA) is 104 Å². The monoisotopic (exact) mass is 320 g/mol. The Morgan fingerprint density at radius 3 is 2.80 bits per heavy atom. The van der Waals surface area contributed by atoms with E-state index in [0.717, 1.165) is 11.2 Å². The average Bonchev–Trinajstić information content (AvgIpc) is 2.68. The number of rotatable bonds is 3. The molecule has 0 aromatic heterocycles. The van der Waals surface area contributed by atoms with Gasteiger partial charge in [0.1, 0.15) is 0 Å². The SMILES string of the molecule is O=C(O)CC1CSCCN1C(=O)NC1C=CS(=O)(=O)C1. The Labute approximate surface area is 121 Å².